The van der Waals surface area contributed by atoms with Crippen molar-refractivity contribution in [2.24, 2.45) is 5.41 Å². The lowest BCUT2D eigenvalue weighted by molar-refractivity contribution is 0.107. The average Bonchev–Trinajstić information content (AvgIpc) is 2.65. The minimum absolute atomic E-state index is 0.0160. The molecule has 0 atom stereocenters. The quantitative estimate of drug-likeness (QED) is 0.594. The number of methoxy groups -OCH3 is 1. The van der Waals surface area contributed by atoms with E-state index < -0.39 is 10.1 Å². The zero-order chi connectivity index (χ0) is 9.24. The Morgan fingerprint density at radius 3 is 2.25 bits per heavy atom. The van der Waals surface area contributed by atoms with Crippen molar-refractivity contribution in [1.82, 2.24) is 0 Å². The molecule has 1 aliphatic rings. The Bertz CT molecular complexity index is 240. The first-order valence-electron chi connectivity index (χ1n) is 3.81. The molecule has 1 saturated carbocycles. The summed E-state index contributed by atoms with van der Waals surface area (Å²) in [5.41, 5.74) is -0.0160. The number of ether oxygens (including phenoxy) is 1. The van der Waals surface area contributed by atoms with Crippen LogP contribution in [0.2, 0.25) is 0 Å². The lowest BCUT2D eigenvalue weighted by atomic mass is 10.1. The van der Waals surface area contributed by atoms with E-state index in [1.54, 1.807) is 7.11 Å². The first-order chi connectivity index (χ1) is 5.47. The van der Waals surface area contributed by atoms with E-state index in [1.165, 1.54) is 0 Å². The van der Waals surface area contributed by atoms with Crippen molar-refractivity contribution in [3.63, 3.8) is 0 Å². The molecule has 0 aromatic carbocycles. The van der Waals surface area contributed by atoms with E-state index in [9.17, 15) is 8.42 Å². The Kier molecular flexibility index (Phi) is 2.75. The normalized spacial score (nSPS) is 20.8. The highest BCUT2D eigenvalue weighted by atomic mass is 32.2. The van der Waals surface area contributed by atoms with E-state index in [0.717, 1.165) is 19.1 Å². The van der Waals surface area contributed by atoms with Gasteiger partial charge in [-0.05, 0) is 12.8 Å². The highest BCUT2D eigenvalue weighted by Crippen LogP contribution is 2.46. The third kappa shape index (κ3) is 3.08. The van der Waals surface area contributed by atoms with Gasteiger partial charge < -0.3 is 4.74 Å². The zero-order valence-corrected chi connectivity index (χ0v) is 8.19. The summed E-state index contributed by atoms with van der Waals surface area (Å²) in [6.45, 7) is 0.849. The third-order valence-corrected chi connectivity index (χ3v) is 2.53. The highest BCUT2D eigenvalue weighted by Gasteiger charge is 2.43. The van der Waals surface area contributed by atoms with Crippen molar-refractivity contribution in [2.45, 2.75) is 12.8 Å². The van der Waals surface area contributed by atoms with Gasteiger partial charge in [-0.3, -0.25) is 4.18 Å². The van der Waals surface area contributed by atoms with Crippen molar-refractivity contribution in [3.8, 4) is 0 Å². The fourth-order valence-electron chi connectivity index (χ4n) is 1.05. The van der Waals surface area contributed by atoms with Gasteiger partial charge in [0.1, 0.15) is 0 Å². The van der Waals surface area contributed by atoms with Crippen LogP contribution in [0.1, 0.15) is 12.8 Å². The summed E-state index contributed by atoms with van der Waals surface area (Å²) < 4.78 is 31.0. The fourth-order valence-corrected chi connectivity index (χ4v) is 1.51. The lowest BCUT2D eigenvalue weighted by Gasteiger charge is -2.12. The van der Waals surface area contributed by atoms with Gasteiger partial charge in [0, 0.05) is 12.5 Å². The van der Waals surface area contributed by atoms with Crippen LogP contribution in [0, 0.1) is 5.41 Å². The van der Waals surface area contributed by atoms with Crippen LogP contribution in [0.5, 0.6) is 0 Å². The molecule has 1 rings (SSSR count). The SMILES string of the molecule is COCC1(COS(C)(=O)=O)CC1. The van der Waals surface area contributed by atoms with Gasteiger partial charge in [-0.15, -0.1) is 0 Å². The molecule has 0 spiro atoms. The molecule has 1 aliphatic carbocycles. The molecular formula is C7H14O4S. The van der Waals surface area contributed by atoms with Crippen LogP contribution in [-0.4, -0.2) is 35.0 Å². The maximum atomic E-state index is 10.6. The van der Waals surface area contributed by atoms with Crippen molar-refractivity contribution in [2.75, 3.05) is 26.6 Å². The summed E-state index contributed by atoms with van der Waals surface area (Å²) in [4.78, 5) is 0. The topological polar surface area (TPSA) is 52.6 Å². The molecule has 0 aromatic rings. The van der Waals surface area contributed by atoms with Gasteiger partial charge in [0.2, 0.25) is 0 Å². The standard InChI is InChI=1S/C7H14O4S/c1-10-5-7(3-4-7)6-11-12(2,8)9/h3-6H2,1-2H3. The number of rotatable bonds is 5. The highest BCUT2D eigenvalue weighted by molar-refractivity contribution is 7.85. The molecule has 0 amide bonds. The molecule has 1 fully saturated rings. The minimum atomic E-state index is -3.29. The molecule has 0 unspecified atom stereocenters. The van der Waals surface area contributed by atoms with Gasteiger partial charge in [-0.1, -0.05) is 0 Å². The predicted octanol–water partition coefficient (Wildman–Crippen LogP) is 0.389. The summed E-state index contributed by atoms with van der Waals surface area (Å²) in [7, 11) is -1.68. The average molecular weight is 194 g/mol. The van der Waals surface area contributed by atoms with Crippen LogP contribution in [0.3, 0.4) is 0 Å². The smallest absolute Gasteiger partial charge is 0.264 e. The van der Waals surface area contributed by atoms with Crippen molar-refractivity contribution >= 4 is 10.1 Å². The minimum Gasteiger partial charge on any atom is -0.384 e. The second kappa shape index (κ2) is 3.32. The number of hydrogen-bond donors (Lipinski definition) is 0. The van der Waals surface area contributed by atoms with Gasteiger partial charge in [-0.25, -0.2) is 0 Å². The van der Waals surface area contributed by atoms with E-state index in [2.05, 4.69) is 0 Å². The van der Waals surface area contributed by atoms with Crippen LogP contribution in [0.15, 0.2) is 0 Å². The van der Waals surface area contributed by atoms with Crippen molar-refractivity contribution < 1.29 is 17.3 Å². The molecule has 5 heteroatoms. The number of hydrogen-bond acceptors (Lipinski definition) is 4. The Morgan fingerprint density at radius 1 is 1.33 bits per heavy atom. The molecule has 0 aromatic heterocycles. The fraction of sp³-hybridized carbons (Fsp3) is 1.00. The van der Waals surface area contributed by atoms with Gasteiger partial charge in [0.25, 0.3) is 10.1 Å². The van der Waals surface area contributed by atoms with Crippen LogP contribution in [-0.2, 0) is 19.0 Å². The van der Waals surface area contributed by atoms with E-state index in [0.29, 0.717) is 6.61 Å². The second-order valence-electron chi connectivity index (χ2n) is 3.40. The first kappa shape index (κ1) is 9.95. The maximum absolute atomic E-state index is 10.6. The van der Waals surface area contributed by atoms with E-state index in [4.69, 9.17) is 8.92 Å². The van der Waals surface area contributed by atoms with E-state index in [1.807, 2.05) is 0 Å². The van der Waals surface area contributed by atoms with Crippen LogP contribution < -0.4 is 0 Å². The van der Waals surface area contributed by atoms with Gasteiger partial charge in [0.05, 0.1) is 19.5 Å². The summed E-state index contributed by atoms with van der Waals surface area (Å²) in [6, 6.07) is 0. The third-order valence-electron chi connectivity index (χ3n) is 1.99. The summed E-state index contributed by atoms with van der Waals surface area (Å²) in [5.74, 6) is 0. The molecule has 12 heavy (non-hydrogen) atoms. The van der Waals surface area contributed by atoms with E-state index >= 15 is 0 Å². The summed E-state index contributed by atoms with van der Waals surface area (Å²) >= 11 is 0. The lowest BCUT2D eigenvalue weighted by Crippen LogP contribution is -2.18. The van der Waals surface area contributed by atoms with Crippen molar-refractivity contribution in [3.05, 3.63) is 0 Å². The Hall–Kier alpha value is -0.130. The maximum Gasteiger partial charge on any atom is 0.264 e. The molecule has 4 nitrogen and oxygen atoms in total. The molecule has 0 N–H and O–H groups in total. The van der Waals surface area contributed by atoms with Crippen molar-refractivity contribution in [1.29, 1.82) is 0 Å². The van der Waals surface area contributed by atoms with Crippen LogP contribution in [0.4, 0.5) is 0 Å². The second-order valence-corrected chi connectivity index (χ2v) is 5.04. The van der Waals surface area contributed by atoms with Crippen LogP contribution >= 0.6 is 0 Å². The monoisotopic (exact) mass is 194 g/mol. The Balaban J connectivity index is 2.32. The predicted molar refractivity (Wildman–Crippen MR) is 44.3 cm³/mol. The molecule has 0 saturated heterocycles. The summed E-state index contributed by atoms with van der Waals surface area (Å²) in [6.07, 6.45) is 3.06. The zero-order valence-electron chi connectivity index (χ0n) is 7.37. The van der Waals surface area contributed by atoms with Crippen LogP contribution in [0.25, 0.3) is 0 Å². The largest absolute Gasteiger partial charge is 0.384 e. The van der Waals surface area contributed by atoms with E-state index in [-0.39, 0.29) is 12.0 Å². The Labute approximate surface area is 73.0 Å². The van der Waals surface area contributed by atoms with Gasteiger partial charge in [-0.2, -0.15) is 8.42 Å². The molecule has 72 valence electrons. The first-order valence-corrected chi connectivity index (χ1v) is 5.62. The summed E-state index contributed by atoms with van der Waals surface area (Å²) in [5, 5.41) is 0. The molecule has 0 aliphatic heterocycles. The molecule has 0 heterocycles. The van der Waals surface area contributed by atoms with Gasteiger partial charge in [0.15, 0.2) is 0 Å². The molecule has 0 bridgehead atoms. The van der Waals surface area contributed by atoms with Gasteiger partial charge >= 0.3 is 0 Å². The molecule has 0 radical (unpaired) electrons. The molecular weight excluding hydrogens is 180 g/mol. The Morgan fingerprint density at radius 2 is 1.92 bits per heavy atom.